The van der Waals surface area contributed by atoms with Gasteiger partial charge in [0.1, 0.15) is 0 Å². The van der Waals surface area contributed by atoms with Gasteiger partial charge in [-0.3, -0.25) is 0 Å². The van der Waals surface area contributed by atoms with E-state index in [1.165, 1.54) is 24.3 Å². The van der Waals surface area contributed by atoms with Gasteiger partial charge in [-0.15, -0.1) is 0 Å². The number of hydrogen-bond acceptors (Lipinski definition) is 0. The summed E-state index contributed by atoms with van der Waals surface area (Å²) in [4.78, 5) is 0. The number of allylic oxidation sites excluding steroid dienone is 1. The molecule has 0 saturated carbocycles. The minimum atomic E-state index is -4.94. The summed E-state index contributed by atoms with van der Waals surface area (Å²) in [6, 6.07) is 5.51. The van der Waals surface area contributed by atoms with Gasteiger partial charge in [0.2, 0.25) is 5.83 Å². The second-order valence-corrected chi connectivity index (χ2v) is 2.98. The quantitative estimate of drug-likeness (QED) is 0.627. The van der Waals surface area contributed by atoms with Gasteiger partial charge in [0.15, 0.2) is 0 Å². The Morgan fingerprint density at radius 3 is 2.43 bits per heavy atom. The molecule has 0 nitrogen and oxygen atoms in total. The molecule has 0 unspecified atom stereocenters. The summed E-state index contributed by atoms with van der Waals surface area (Å²) in [6.45, 7) is 0. The minimum absolute atomic E-state index is 0.0762. The molecular formula is C9H5ClF4. The van der Waals surface area contributed by atoms with E-state index in [0.717, 1.165) is 0 Å². The van der Waals surface area contributed by atoms with Crippen LogP contribution in [0.5, 0.6) is 0 Å². The van der Waals surface area contributed by atoms with Crippen LogP contribution in [0.15, 0.2) is 30.1 Å². The van der Waals surface area contributed by atoms with Crippen molar-refractivity contribution in [1.29, 1.82) is 0 Å². The first-order valence-electron chi connectivity index (χ1n) is 3.59. The maximum Gasteiger partial charge on any atom is 0.442 e. The highest BCUT2D eigenvalue weighted by atomic mass is 35.5. The van der Waals surface area contributed by atoms with Crippen LogP contribution in [0, 0.1) is 0 Å². The Hall–Kier alpha value is -1.03. The molecule has 1 aromatic carbocycles. The molecule has 0 atom stereocenters. The van der Waals surface area contributed by atoms with Crippen molar-refractivity contribution < 1.29 is 17.6 Å². The molecule has 0 aromatic heterocycles. The summed E-state index contributed by atoms with van der Waals surface area (Å²) in [7, 11) is 0. The summed E-state index contributed by atoms with van der Waals surface area (Å²) in [5.74, 6) is -2.14. The van der Waals surface area contributed by atoms with E-state index in [1.807, 2.05) is 0 Å². The van der Waals surface area contributed by atoms with Gasteiger partial charge in [-0.05, 0) is 23.8 Å². The van der Waals surface area contributed by atoms with Crippen molar-refractivity contribution in [2.75, 3.05) is 0 Å². The van der Waals surface area contributed by atoms with Gasteiger partial charge in [-0.25, -0.2) is 4.39 Å². The van der Waals surface area contributed by atoms with E-state index in [9.17, 15) is 17.6 Å². The zero-order chi connectivity index (χ0) is 10.8. The predicted molar refractivity (Wildman–Crippen MR) is 46.6 cm³/mol. The molecule has 0 N–H and O–H groups in total. The lowest BCUT2D eigenvalue weighted by atomic mass is 10.2. The molecule has 0 aliphatic heterocycles. The van der Waals surface area contributed by atoms with Crippen molar-refractivity contribution in [3.05, 3.63) is 40.7 Å². The van der Waals surface area contributed by atoms with Crippen LogP contribution in [-0.2, 0) is 0 Å². The van der Waals surface area contributed by atoms with E-state index >= 15 is 0 Å². The van der Waals surface area contributed by atoms with Crippen molar-refractivity contribution >= 4 is 17.7 Å². The van der Waals surface area contributed by atoms with Gasteiger partial charge in [-0.1, -0.05) is 23.7 Å². The Labute approximate surface area is 82.8 Å². The van der Waals surface area contributed by atoms with Gasteiger partial charge in [0.25, 0.3) is 0 Å². The van der Waals surface area contributed by atoms with Gasteiger partial charge in [0.05, 0.1) is 0 Å². The van der Waals surface area contributed by atoms with Gasteiger partial charge >= 0.3 is 6.18 Å². The molecular weight excluding hydrogens is 220 g/mol. The lowest BCUT2D eigenvalue weighted by molar-refractivity contribution is -0.107. The highest BCUT2D eigenvalue weighted by Gasteiger charge is 2.34. The molecule has 76 valence electrons. The van der Waals surface area contributed by atoms with E-state index in [1.54, 1.807) is 0 Å². The van der Waals surface area contributed by atoms with Crippen LogP contribution in [0.25, 0.3) is 6.08 Å². The Balaban J connectivity index is 2.98. The van der Waals surface area contributed by atoms with Gasteiger partial charge in [0, 0.05) is 5.02 Å². The molecule has 14 heavy (non-hydrogen) atoms. The number of benzene rings is 1. The molecule has 0 heterocycles. The Morgan fingerprint density at radius 2 is 1.93 bits per heavy atom. The standard InChI is InChI=1S/C9H5ClF4/c10-7-3-1-2-6(4-7)5-8(11)9(12,13)14/h1-5H/b8-5+. The van der Waals surface area contributed by atoms with Crippen LogP contribution in [0.2, 0.25) is 5.02 Å². The third-order valence-electron chi connectivity index (χ3n) is 1.41. The van der Waals surface area contributed by atoms with Gasteiger partial charge in [-0.2, -0.15) is 13.2 Å². The molecule has 0 fully saturated rings. The van der Waals surface area contributed by atoms with Crippen molar-refractivity contribution in [2.24, 2.45) is 0 Å². The monoisotopic (exact) mass is 224 g/mol. The molecule has 0 saturated heterocycles. The first-order chi connectivity index (χ1) is 6.39. The largest absolute Gasteiger partial charge is 0.442 e. The fourth-order valence-electron chi connectivity index (χ4n) is 0.825. The molecule has 0 radical (unpaired) electrons. The van der Waals surface area contributed by atoms with Crippen LogP contribution >= 0.6 is 11.6 Å². The van der Waals surface area contributed by atoms with Gasteiger partial charge < -0.3 is 0 Å². The normalized spacial score (nSPS) is 13.1. The minimum Gasteiger partial charge on any atom is -0.202 e. The molecule has 1 rings (SSSR count). The number of halogens is 5. The second kappa shape index (κ2) is 4.00. The summed E-state index contributed by atoms with van der Waals surface area (Å²) < 4.78 is 47.7. The Bertz CT molecular complexity index is 354. The highest BCUT2D eigenvalue weighted by Crippen LogP contribution is 2.28. The Morgan fingerprint density at radius 1 is 1.29 bits per heavy atom. The first-order valence-corrected chi connectivity index (χ1v) is 3.97. The van der Waals surface area contributed by atoms with Crippen LogP contribution in [-0.4, -0.2) is 6.18 Å². The zero-order valence-electron chi connectivity index (χ0n) is 6.78. The van der Waals surface area contributed by atoms with Crippen LogP contribution < -0.4 is 0 Å². The summed E-state index contributed by atoms with van der Waals surface area (Å²) in [5, 5.41) is 0.258. The average molecular weight is 225 g/mol. The average Bonchev–Trinajstić information content (AvgIpc) is 2.02. The van der Waals surface area contributed by atoms with Crippen molar-refractivity contribution in [2.45, 2.75) is 6.18 Å². The fraction of sp³-hybridized carbons (Fsp3) is 0.111. The SMILES string of the molecule is F/C(=C/c1cccc(Cl)c1)C(F)(F)F. The maximum atomic E-state index is 12.4. The molecule has 5 heteroatoms. The van der Waals surface area contributed by atoms with Crippen LogP contribution in [0.4, 0.5) is 17.6 Å². The summed E-state index contributed by atoms with van der Waals surface area (Å²) in [6.07, 6.45) is -4.55. The van der Waals surface area contributed by atoms with Crippen molar-refractivity contribution in [1.82, 2.24) is 0 Å². The molecule has 0 bridgehead atoms. The van der Waals surface area contributed by atoms with Crippen LogP contribution in [0.1, 0.15) is 5.56 Å². The van der Waals surface area contributed by atoms with Crippen molar-refractivity contribution in [3.63, 3.8) is 0 Å². The number of alkyl halides is 3. The maximum absolute atomic E-state index is 12.4. The Kier molecular flexibility index (Phi) is 3.16. The molecule has 1 aromatic rings. The number of rotatable bonds is 1. The highest BCUT2D eigenvalue weighted by molar-refractivity contribution is 6.30. The van der Waals surface area contributed by atoms with Crippen LogP contribution in [0.3, 0.4) is 0 Å². The van der Waals surface area contributed by atoms with E-state index in [4.69, 9.17) is 11.6 Å². The van der Waals surface area contributed by atoms with E-state index in [2.05, 4.69) is 0 Å². The molecule has 0 aliphatic carbocycles. The lowest BCUT2D eigenvalue weighted by Crippen LogP contribution is -2.07. The van der Waals surface area contributed by atoms with E-state index in [0.29, 0.717) is 6.08 Å². The van der Waals surface area contributed by atoms with E-state index in [-0.39, 0.29) is 10.6 Å². The molecule has 0 spiro atoms. The predicted octanol–water partition coefficient (Wildman–Crippen LogP) is 4.21. The topological polar surface area (TPSA) is 0 Å². The summed E-state index contributed by atoms with van der Waals surface area (Å²) in [5.41, 5.74) is 0.0762. The molecule has 0 aliphatic rings. The lowest BCUT2D eigenvalue weighted by Gasteiger charge is -2.02. The first kappa shape index (κ1) is 11.0. The molecule has 0 amide bonds. The zero-order valence-corrected chi connectivity index (χ0v) is 7.53. The second-order valence-electron chi connectivity index (χ2n) is 2.55. The number of hydrogen-bond donors (Lipinski definition) is 0. The third kappa shape index (κ3) is 3.03. The van der Waals surface area contributed by atoms with E-state index < -0.39 is 12.0 Å². The smallest absolute Gasteiger partial charge is 0.202 e. The third-order valence-corrected chi connectivity index (χ3v) is 1.65. The fourth-order valence-corrected chi connectivity index (χ4v) is 1.02. The van der Waals surface area contributed by atoms with Crippen molar-refractivity contribution in [3.8, 4) is 0 Å². The summed E-state index contributed by atoms with van der Waals surface area (Å²) >= 11 is 5.51.